The SMILES string of the molecule is CC(C)[CH]CC1=CC(C(C)C2CC2)=C(Cc2ccccc2)C(=O)C1=O. The fraction of sp³-hybridized carbons (Fsp3) is 0.435. The van der Waals surface area contributed by atoms with Gasteiger partial charge in [-0.1, -0.05) is 57.2 Å². The molecule has 2 nitrogen and oxygen atoms in total. The lowest BCUT2D eigenvalue weighted by atomic mass is 9.79. The fourth-order valence-corrected chi connectivity index (χ4v) is 3.51. The Balaban J connectivity index is 1.96. The molecule has 0 bridgehead atoms. The van der Waals surface area contributed by atoms with Crippen molar-refractivity contribution in [3.63, 3.8) is 0 Å². The number of hydrogen-bond acceptors (Lipinski definition) is 2. The van der Waals surface area contributed by atoms with Crippen molar-refractivity contribution in [1.82, 2.24) is 0 Å². The molecule has 2 aliphatic carbocycles. The Kier molecular flexibility index (Phi) is 5.36. The summed E-state index contributed by atoms with van der Waals surface area (Å²) < 4.78 is 0. The number of Topliss-reactive ketones (excluding diaryl/α,β-unsaturated/α-hetero) is 2. The third-order valence-corrected chi connectivity index (χ3v) is 5.30. The summed E-state index contributed by atoms with van der Waals surface area (Å²) in [6, 6.07) is 9.98. The van der Waals surface area contributed by atoms with Crippen molar-refractivity contribution < 1.29 is 9.59 Å². The molecule has 0 aromatic heterocycles. The molecule has 1 radical (unpaired) electrons. The standard InChI is InChI=1S/C23H27O2/c1-15(2)9-10-19-14-20(16(3)18-11-12-18)21(23(25)22(19)24)13-17-7-5-4-6-8-17/h4-9,14-16,18H,10-13H2,1-3H3. The molecule has 131 valence electrons. The van der Waals surface area contributed by atoms with Crippen molar-refractivity contribution in [2.45, 2.75) is 46.5 Å². The quantitative estimate of drug-likeness (QED) is 0.524. The van der Waals surface area contributed by atoms with Gasteiger partial charge in [-0.05, 0) is 54.6 Å². The molecule has 1 unspecified atom stereocenters. The Labute approximate surface area is 151 Å². The zero-order chi connectivity index (χ0) is 18.0. The third kappa shape index (κ3) is 4.18. The average Bonchev–Trinajstić information content (AvgIpc) is 3.43. The van der Waals surface area contributed by atoms with Gasteiger partial charge in [-0.25, -0.2) is 0 Å². The first-order valence-electron chi connectivity index (χ1n) is 9.37. The number of allylic oxidation sites excluding steroid dienone is 4. The number of ketones is 2. The molecule has 0 aliphatic heterocycles. The normalized spacial score (nSPS) is 19.4. The van der Waals surface area contributed by atoms with Crippen LogP contribution in [0.2, 0.25) is 0 Å². The van der Waals surface area contributed by atoms with Gasteiger partial charge in [0.05, 0.1) is 0 Å². The second-order valence-electron chi connectivity index (χ2n) is 7.73. The van der Waals surface area contributed by atoms with Crippen LogP contribution in [0.1, 0.15) is 45.6 Å². The molecule has 2 aliphatic rings. The van der Waals surface area contributed by atoms with E-state index in [9.17, 15) is 9.59 Å². The Morgan fingerprint density at radius 3 is 2.32 bits per heavy atom. The zero-order valence-corrected chi connectivity index (χ0v) is 15.4. The zero-order valence-electron chi connectivity index (χ0n) is 15.4. The van der Waals surface area contributed by atoms with Crippen molar-refractivity contribution in [1.29, 1.82) is 0 Å². The maximum absolute atomic E-state index is 12.9. The van der Waals surface area contributed by atoms with Gasteiger partial charge in [0.1, 0.15) is 0 Å². The van der Waals surface area contributed by atoms with E-state index < -0.39 is 0 Å². The Bertz CT molecular complexity index is 718. The van der Waals surface area contributed by atoms with Crippen LogP contribution >= 0.6 is 0 Å². The van der Waals surface area contributed by atoms with E-state index in [1.165, 1.54) is 12.8 Å². The third-order valence-electron chi connectivity index (χ3n) is 5.30. The molecule has 0 N–H and O–H groups in total. The number of benzene rings is 1. The lowest BCUT2D eigenvalue weighted by Gasteiger charge is -2.23. The molecule has 0 heterocycles. The molecular weight excluding hydrogens is 308 g/mol. The first kappa shape index (κ1) is 17.8. The van der Waals surface area contributed by atoms with Gasteiger partial charge >= 0.3 is 0 Å². The summed E-state index contributed by atoms with van der Waals surface area (Å²) in [4.78, 5) is 25.5. The lowest BCUT2D eigenvalue weighted by molar-refractivity contribution is -0.132. The minimum Gasteiger partial charge on any atom is -0.285 e. The van der Waals surface area contributed by atoms with Crippen molar-refractivity contribution in [2.75, 3.05) is 0 Å². The largest absolute Gasteiger partial charge is 0.285 e. The number of hydrogen-bond donors (Lipinski definition) is 0. The second-order valence-corrected chi connectivity index (χ2v) is 7.73. The monoisotopic (exact) mass is 335 g/mol. The van der Waals surface area contributed by atoms with E-state index in [4.69, 9.17) is 0 Å². The summed E-state index contributed by atoms with van der Waals surface area (Å²) >= 11 is 0. The van der Waals surface area contributed by atoms with Crippen LogP contribution in [0.5, 0.6) is 0 Å². The summed E-state index contributed by atoms with van der Waals surface area (Å²) in [5.74, 6) is 0.816. The van der Waals surface area contributed by atoms with E-state index in [2.05, 4.69) is 27.2 Å². The second kappa shape index (κ2) is 7.51. The Morgan fingerprint density at radius 1 is 1.04 bits per heavy atom. The van der Waals surface area contributed by atoms with Crippen molar-refractivity contribution in [3.8, 4) is 0 Å². The first-order chi connectivity index (χ1) is 12.0. The Morgan fingerprint density at radius 2 is 1.72 bits per heavy atom. The molecule has 25 heavy (non-hydrogen) atoms. The predicted octanol–water partition coefficient (Wildman–Crippen LogP) is 4.90. The number of carbonyl (C=O) groups excluding carboxylic acids is 2. The molecule has 0 saturated heterocycles. The first-order valence-corrected chi connectivity index (χ1v) is 9.37. The molecule has 3 rings (SSSR count). The molecule has 0 spiro atoms. The van der Waals surface area contributed by atoms with Gasteiger partial charge in [0, 0.05) is 17.6 Å². The van der Waals surface area contributed by atoms with Gasteiger partial charge in [-0.2, -0.15) is 0 Å². The molecular formula is C23H27O2. The lowest BCUT2D eigenvalue weighted by Crippen LogP contribution is -2.27. The van der Waals surface area contributed by atoms with Crippen LogP contribution in [0.3, 0.4) is 0 Å². The van der Waals surface area contributed by atoms with Crippen LogP contribution in [0.25, 0.3) is 0 Å². The molecule has 1 saturated carbocycles. The fourth-order valence-electron chi connectivity index (χ4n) is 3.51. The van der Waals surface area contributed by atoms with Crippen LogP contribution in [0.15, 0.2) is 53.1 Å². The molecule has 1 aromatic carbocycles. The van der Waals surface area contributed by atoms with Gasteiger partial charge in [0.25, 0.3) is 0 Å². The predicted molar refractivity (Wildman–Crippen MR) is 101 cm³/mol. The summed E-state index contributed by atoms with van der Waals surface area (Å²) in [6.07, 6.45) is 7.74. The topological polar surface area (TPSA) is 34.1 Å². The van der Waals surface area contributed by atoms with Crippen molar-refractivity contribution in [2.24, 2.45) is 17.8 Å². The smallest absolute Gasteiger partial charge is 0.229 e. The highest BCUT2D eigenvalue weighted by Gasteiger charge is 2.36. The van der Waals surface area contributed by atoms with Crippen molar-refractivity contribution >= 4 is 11.6 Å². The highest BCUT2D eigenvalue weighted by atomic mass is 16.2. The van der Waals surface area contributed by atoms with Crippen LogP contribution in [0, 0.1) is 24.2 Å². The van der Waals surface area contributed by atoms with Crippen LogP contribution in [-0.2, 0) is 16.0 Å². The van der Waals surface area contributed by atoms with E-state index in [0.717, 1.165) is 11.1 Å². The number of rotatable bonds is 7. The maximum Gasteiger partial charge on any atom is 0.229 e. The minimum atomic E-state index is -0.311. The molecule has 1 aromatic rings. The van der Waals surface area contributed by atoms with Crippen LogP contribution in [0.4, 0.5) is 0 Å². The van der Waals surface area contributed by atoms with Gasteiger partial charge < -0.3 is 0 Å². The molecule has 1 atom stereocenters. The highest BCUT2D eigenvalue weighted by molar-refractivity contribution is 6.50. The molecule has 0 amide bonds. The van der Waals surface area contributed by atoms with Crippen LogP contribution < -0.4 is 0 Å². The summed E-state index contributed by atoms with van der Waals surface area (Å²) in [5.41, 5.74) is 3.56. The molecule has 2 heteroatoms. The minimum absolute atomic E-state index is 0.291. The Hall–Kier alpha value is -1.96. The number of carbonyl (C=O) groups is 2. The van der Waals surface area contributed by atoms with Crippen LogP contribution in [-0.4, -0.2) is 11.6 Å². The van der Waals surface area contributed by atoms with E-state index in [1.54, 1.807) is 0 Å². The van der Waals surface area contributed by atoms with E-state index in [-0.39, 0.29) is 11.6 Å². The maximum atomic E-state index is 12.9. The highest BCUT2D eigenvalue weighted by Crippen LogP contribution is 2.43. The van der Waals surface area contributed by atoms with Crippen molar-refractivity contribution in [3.05, 3.63) is 65.1 Å². The van der Waals surface area contributed by atoms with E-state index in [0.29, 0.717) is 41.7 Å². The van der Waals surface area contributed by atoms with E-state index in [1.807, 2.05) is 36.4 Å². The average molecular weight is 335 g/mol. The van der Waals surface area contributed by atoms with Gasteiger partial charge in [-0.3, -0.25) is 9.59 Å². The van der Waals surface area contributed by atoms with E-state index >= 15 is 0 Å². The van der Waals surface area contributed by atoms with Gasteiger partial charge in [0.2, 0.25) is 11.6 Å². The summed E-state index contributed by atoms with van der Waals surface area (Å²) in [6.45, 7) is 6.40. The van der Waals surface area contributed by atoms with Gasteiger partial charge in [0.15, 0.2) is 0 Å². The van der Waals surface area contributed by atoms with Gasteiger partial charge in [-0.15, -0.1) is 0 Å². The summed E-state index contributed by atoms with van der Waals surface area (Å²) in [5, 5.41) is 0. The molecule has 1 fully saturated rings. The summed E-state index contributed by atoms with van der Waals surface area (Å²) in [7, 11) is 0.